The number of thioether (sulfide) groups is 1. The van der Waals surface area contributed by atoms with E-state index in [1.165, 1.54) is 0 Å². The lowest BCUT2D eigenvalue weighted by molar-refractivity contribution is -0.116. The average molecular weight is 547 g/mol. The summed E-state index contributed by atoms with van der Waals surface area (Å²) in [6, 6.07) is 11.8. The third-order valence-electron chi connectivity index (χ3n) is 7.17. The fourth-order valence-electron chi connectivity index (χ4n) is 5.22. The third-order valence-corrected chi connectivity index (χ3v) is 9.98. The van der Waals surface area contributed by atoms with E-state index in [9.17, 15) is 13.2 Å². The van der Waals surface area contributed by atoms with E-state index in [-0.39, 0.29) is 23.5 Å². The van der Waals surface area contributed by atoms with Crippen LogP contribution in [-0.2, 0) is 21.2 Å². The van der Waals surface area contributed by atoms with E-state index in [0.29, 0.717) is 18.0 Å². The Morgan fingerprint density at radius 1 is 1.11 bits per heavy atom. The number of anilines is 2. The summed E-state index contributed by atoms with van der Waals surface area (Å²) in [6.45, 7) is 7.23. The first-order valence-electron chi connectivity index (χ1n) is 13.2. The number of Topliss-reactive ketones (excluding diaryl/α,β-unsaturated/α-hetero) is 1. The summed E-state index contributed by atoms with van der Waals surface area (Å²) in [5, 5.41) is 3.17. The predicted octanol–water partition coefficient (Wildman–Crippen LogP) is 6.39. The van der Waals surface area contributed by atoms with E-state index in [1.807, 2.05) is 42.7 Å². The van der Waals surface area contributed by atoms with Crippen molar-refractivity contribution in [2.45, 2.75) is 75.6 Å². The first-order valence-corrected chi connectivity index (χ1v) is 16.1. The second kappa shape index (κ2) is 13.2. The number of ether oxygens (including phenoxy) is 1. The number of hydrogen-bond acceptors (Lipinski definition) is 7. The number of benzene rings is 2. The highest BCUT2D eigenvalue weighted by Crippen LogP contribution is 2.46. The van der Waals surface area contributed by atoms with Gasteiger partial charge >= 0.3 is 0 Å². The molecule has 0 unspecified atom stereocenters. The molecule has 0 fully saturated rings. The summed E-state index contributed by atoms with van der Waals surface area (Å²) >= 11 is 1.60. The Labute approximate surface area is 227 Å². The lowest BCUT2D eigenvalue weighted by Crippen LogP contribution is -2.38. The SMILES string of the molecule is CCCCC1(CCCC)CN(c2ccc(OC)cc2)c2cc(SC)c(CNCC(C)=O)cc2S(=O)(=O)C1. The van der Waals surface area contributed by atoms with Gasteiger partial charge in [-0.3, -0.25) is 4.79 Å². The molecule has 3 rings (SSSR count). The largest absolute Gasteiger partial charge is 0.497 e. The summed E-state index contributed by atoms with van der Waals surface area (Å²) in [4.78, 5) is 15.1. The number of nitrogens with one attached hydrogen (secondary N) is 1. The van der Waals surface area contributed by atoms with Crippen LogP contribution in [0, 0.1) is 5.41 Å². The van der Waals surface area contributed by atoms with Crippen LogP contribution in [0.5, 0.6) is 5.75 Å². The predicted molar refractivity (Wildman–Crippen MR) is 154 cm³/mol. The van der Waals surface area contributed by atoms with Crippen LogP contribution in [0.25, 0.3) is 0 Å². The van der Waals surface area contributed by atoms with Gasteiger partial charge in [-0.25, -0.2) is 8.42 Å². The topological polar surface area (TPSA) is 75.7 Å². The quantitative estimate of drug-likeness (QED) is 0.292. The number of nitrogens with zero attached hydrogens (tertiary/aromatic N) is 1. The van der Waals surface area contributed by atoms with Gasteiger partial charge in [-0.05, 0) is 68.0 Å². The average Bonchev–Trinajstić information content (AvgIpc) is 2.97. The van der Waals surface area contributed by atoms with Gasteiger partial charge < -0.3 is 15.0 Å². The Morgan fingerprint density at radius 2 is 1.76 bits per heavy atom. The van der Waals surface area contributed by atoms with Crippen LogP contribution in [0.2, 0.25) is 0 Å². The van der Waals surface area contributed by atoms with Crippen LogP contribution in [0.15, 0.2) is 46.2 Å². The molecule has 1 aliphatic heterocycles. The maximum atomic E-state index is 14.1. The molecule has 2 aromatic carbocycles. The minimum Gasteiger partial charge on any atom is -0.497 e. The molecule has 8 heteroatoms. The zero-order valence-corrected chi connectivity index (χ0v) is 24.6. The van der Waals surface area contributed by atoms with Gasteiger partial charge in [0.05, 0.1) is 30.0 Å². The molecule has 1 N–H and O–H groups in total. The number of methoxy groups -OCH3 is 1. The molecule has 0 aromatic heterocycles. The van der Waals surface area contributed by atoms with Crippen LogP contribution in [0.3, 0.4) is 0 Å². The second-order valence-corrected chi connectivity index (χ2v) is 13.0. The van der Waals surface area contributed by atoms with Gasteiger partial charge in [0.1, 0.15) is 11.5 Å². The summed E-state index contributed by atoms with van der Waals surface area (Å²) < 4.78 is 33.6. The molecule has 0 aliphatic carbocycles. The van der Waals surface area contributed by atoms with E-state index in [4.69, 9.17) is 4.74 Å². The summed E-state index contributed by atoms with van der Waals surface area (Å²) in [5.74, 6) is 0.972. The molecular formula is C29H42N2O4S2. The van der Waals surface area contributed by atoms with Crippen molar-refractivity contribution in [3.8, 4) is 5.75 Å². The normalized spacial score (nSPS) is 16.2. The molecule has 0 saturated carbocycles. The number of rotatable bonds is 13. The Bertz CT molecular complexity index is 1160. The zero-order chi connectivity index (χ0) is 27.1. The monoisotopic (exact) mass is 546 g/mol. The summed E-state index contributed by atoms with van der Waals surface area (Å²) in [6.07, 6.45) is 7.84. The van der Waals surface area contributed by atoms with Crippen molar-refractivity contribution >= 4 is 38.8 Å². The molecule has 204 valence electrons. The maximum absolute atomic E-state index is 14.1. The first kappa shape index (κ1) is 29.5. The van der Waals surface area contributed by atoms with E-state index in [0.717, 1.165) is 66.1 Å². The fourth-order valence-corrected chi connectivity index (χ4v) is 8.00. The Balaban J connectivity index is 2.21. The Hall–Kier alpha value is -2.03. The number of hydrogen-bond donors (Lipinski definition) is 1. The zero-order valence-electron chi connectivity index (χ0n) is 22.9. The van der Waals surface area contributed by atoms with E-state index in [1.54, 1.807) is 25.8 Å². The van der Waals surface area contributed by atoms with Gasteiger partial charge in [0.2, 0.25) is 0 Å². The molecule has 0 atom stereocenters. The van der Waals surface area contributed by atoms with Gasteiger partial charge in [-0.15, -0.1) is 11.8 Å². The molecule has 0 amide bonds. The van der Waals surface area contributed by atoms with Crippen LogP contribution in [-0.4, -0.2) is 46.4 Å². The number of fused-ring (bicyclic) bond motifs is 1. The maximum Gasteiger partial charge on any atom is 0.181 e. The lowest BCUT2D eigenvalue weighted by Gasteiger charge is -2.37. The number of carbonyl (C=O) groups is 1. The van der Waals surface area contributed by atoms with Crippen LogP contribution >= 0.6 is 11.8 Å². The Morgan fingerprint density at radius 3 is 2.30 bits per heavy atom. The highest BCUT2D eigenvalue weighted by molar-refractivity contribution is 7.98. The molecule has 0 radical (unpaired) electrons. The van der Waals surface area contributed by atoms with Gasteiger partial charge in [-0.1, -0.05) is 39.5 Å². The third kappa shape index (κ3) is 7.30. The smallest absolute Gasteiger partial charge is 0.181 e. The minimum atomic E-state index is -3.56. The van der Waals surface area contributed by atoms with Crippen molar-refractivity contribution in [1.29, 1.82) is 0 Å². The highest BCUT2D eigenvalue weighted by Gasteiger charge is 2.42. The van der Waals surface area contributed by atoms with Crippen molar-refractivity contribution in [1.82, 2.24) is 5.32 Å². The number of unbranched alkanes of at least 4 members (excludes halogenated alkanes) is 2. The van der Waals surface area contributed by atoms with Crippen LogP contribution in [0.4, 0.5) is 11.4 Å². The standard InChI is InChI=1S/C29H42N2O4S2/c1-6-8-14-29(15-9-7-2)20-31(24-10-12-25(35-4)13-11-24)26-17-27(36-5)23(19-30-18-22(3)32)16-28(26)37(33,34)21-29/h10-13,16-17,30H,6-9,14-15,18-21H2,1-5H3. The molecule has 2 aromatic rings. The molecule has 1 aliphatic rings. The van der Waals surface area contributed by atoms with Gasteiger partial charge in [-0.2, -0.15) is 0 Å². The minimum absolute atomic E-state index is 0.0513. The van der Waals surface area contributed by atoms with Crippen molar-refractivity contribution in [2.75, 3.05) is 37.1 Å². The molecule has 0 bridgehead atoms. The molecule has 1 heterocycles. The Kier molecular flexibility index (Phi) is 10.5. The summed E-state index contributed by atoms with van der Waals surface area (Å²) in [5.41, 5.74) is 2.27. The fraction of sp³-hybridized carbons (Fsp3) is 0.552. The van der Waals surface area contributed by atoms with Crippen LogP contribution in [0.1, 0.15) is 64.9 Å². The molecule has 37 heavy (non-hydrogen) atoms. The molecule has 6 nitrogen and oxygen atoms in total. The molecule has 0 spiro atoms. The second-order valence-electron chi connectivity index (χ2n) is 10.2. The van der Waals surface area contributed by atoms with Crippen molar-refractivity contribution in [3.05, 3.63) is 42.0 Å². The van der Waals surface area contributed by atoms with Gasteiger partial charge in [0.15, 0.2) is 9.84 Å². The number of sulfone groups is 1. The molecular weight excluding hydrogens is 504 g/mol. The van der Waals surface area contributed by atoms with E-state index >= 15 is 0 Å². The summed E-state index contributed by atoms with van der Waals surface area (Å²) in [7, 11) is -1.91. The number of carbonyl (C=O) groups excluding carboxylic acids is 1. The first-order chi connectivity index (χ1) is 17.7. The van der Waals surface area contributed by atoms with E-state index < -0.39 is 9.84 Å². The van der Waals surface area contributed by atoms with Crippen molar-refractivity contribution < 1.29 is 17.9 Å². The van der Waals surface area contributed by atoms with Crippen LogP contribution < -0.4 is 15.0 Å². The van der Waals surface area contributed by atoms with Crippen molar-refractivity contribution in [3.63, 3.8) is 0 Å². The number of ketones is 1. The van der Waals surface area contributed by atoms with Gasteiger partial charge in [0.25, 0.3) is 0 Å². The van der Waals surface area contributed by atoms with Crippen molar-refractivity contribution in [2.24, 2.45) is 5.41 Å². The molecule has 0 saturated heterocycles. The highest BCUT2D eigenvalue weighted by atomic mass is 32.2. The van der Waals surface area contributed by atoms with Gasteiger partial charge in [0, 0.05) is 29.1 Å². The lowest BCUT2D eigenvalue weighted by atomic mass is 9.79. The van der Waals surface area contributed by atoms with E-state index in [2.05, 4.69) is 24.1 Å².